The predicted octanol–water partition coefficient (Wildman–Crippen LogP) is 2.53. The minimum atomic E-state index is -0.841. The van der Waals surface area contributed by atoms with E-state index < -0.39 is 31.8 Å². The van der Waals surface area contributed by atoms with Crippen LogP contribution < -0.4 is 4.48 Å². The molecule has 0 N–H and O–H groups in total. The number of nitro groups is 3. The van der Waals surface area contributed by atoms with Crippen molar-refractivity contribution >= 4 is 22.7 Å². The molecule has 4 rings (SSSR count). The molecule has 0 amide bonds. The van der Waals surface area contributed by atoms with Gasteiger partial charge in [0.25, 0.3) is 11.4 Å². The van der Waals surface area contributed by atoms with Gasteiger partial charge in [-0.3, -0.25) is 34.8 Å². The number of hydrogen-bond acceptors (Lipinski definition) is 6. The molecule has 1 aromatic carbocycles. The minimum Gasteiger partial charge on any atom is -0.279 e. The highest BCUT2D eigenvalue weighted by Crippen LogP contribution is 2.48. The summed E-state index contributed by atoms with van der Waals surface area (Å²) >= 11 is 0. The molecule has 3 saturated heterocycles. The Hall–Kier alpha value is -2.62. The first-order chi connectivity index (χ1) is 10.8. The van der Waals surface area contributed by atoms with Crippen molar-refractivity contribution in [3.05, 3.63) is 42.5 Å². The van der Waals surface area contributed by atoms with Gasteiger partial charge in [-0.05, 0) is 5.92 Å². The van der Waals surface area contributed by atoms with Crippen LogP contribution in [0, 0.1) is 36.3 Å². The van der Waals surface area contributed by atoms with Crippen LogP contribution in [0.15, 0.2) is 12.1 Å². The minimum absolute atomic E-state index is 0.0174. The van der Waals surface area contributed by atoms with Gasteiger partial charge < -0.3 is 0 Å². The Kier molecular flexibility index (Phi) is 3.48. The number of rotatable bonds is 4. The SMILES string of the molecule is O=[N+]([O-])c1cc([N+](=O)[O-])c([N+]23CCC(CC2)CC3)c([N+](=O)[O-])c1. The Balaban J connectivity index is 2.27. The van der Waals surface area contributed by atoms with Crippen LogP contribution in [0.5, 0.6) is 0 Å². The second-order valence-corrected chi connectivity index (χ2v) is 6.15. The standard InChI is InChI=1S/C13H15N4O6/c18-14(19)10-7-11(15(20)21)13(12(8-10)16(22)23)17-4-1-9(2-5-17)3-6-17/h7-9H,1-6H2/q+1. The molecule has 0 aliphatic carbocycles. The zero-order valence-corrected chi connectivity index (χ0v) is 12.2. The summed E-state index contributed by atoms with van der Waals surface area (Å²) in [6.45, 7) is 1.80. The maximum atomic E-state index is 11.4. The fraction of sp³-hybridized carbons (Fsp3) is 0.538. The van der Waals surface area contributed by atoms with E-state index in [1.165, 1.54) is 0 Å². The lowest BCUT2D eigenvalue weighted by atomic mass is 9.84. The van der Waals surface area contributed by atoms with Crippen molar-refractivity contribution in [3.63, 3.8) is 0 Å². The van der Waals surface area contributed by atoms with E-state index in [1.54, 1.807) is 0 Å². The molecule has 1 aromatic rings. The van der Waals surface area contributed by atoms with Gasteiger partial charge in [-0.25, -0.2) is 0 Å². The van der Waals surface area contributed by atoms with Gasteiger partial charge in [-0.2, -0.15) is 0 Å². The largest absolute Gasteiger partial charge is 0.343 e. The van der Waals surface area contributed by atoms with Crippen molar-refractivity contribution < 1.29 is 14.8 Å². The van der Waals surface area contributed by atoms with E-state index in [0.717, 1.165) is 31.4 Å². The normalized spacial score (nSPS) is 26.0. The van der Waals surface area contributed by atoms with Crippen molar-refractivity contribution in [2.75, 3.05) is 19.6 Å². The van der Waals surface area contributed by atoms with Crippen molar-refractivity contribution in [1.82, 2.24) is 4.48 Å². The molecule has 3 aliphatic rings. The molecular weight excluding hydrogens is 308 g/mol. The number of fused-ring (bicyclic) bond motifs is 3. The summed E-state index contributed by atoms with van der Waals surface area (Å²) in [5, 5.41) is 33.8. The van der Waals surface area contributed by atoms with Crippen LogP contribution in [0.3, 0.4) is 0 Å². The Morgan fingerprint density at radius 3 is 1.61 bits per heavy atom. The van der Waals surface area contributed by atoms with Crippen LogP contribution in [0.1, 0.15) is 19.3 Å². The van der Waals surface area contributed by atoms with Crippen molar-refractivity contribution in [3.8, 4) is 0 Å². The maximum Gasteiger partial charge on any atom is 0.343 e. The quantitative estimate of drug-likeness (QED) is 0.475. The lowest BCUT2D eigenvalue weighted by Crippen LogP contribution is -2.59. The monoisotopic (exact) mass is 323 g/mol. The first-order valence-electron chi connectivity index (χ1n) is 7.32. The van der Waals surface area contributed by atoms with Gasteiger partial charge in [0, 0.05) is 19.3 Å². The third-order valence-electron chi connectivity index (χ3n) is 5.03. The first kappa shape index (κ1) is 15.3. The van der Waals surface area contributed by atoms with E-state index in [4.69, 9.17) is 0 Å². The first-order valence-corrected chi connectivity index (χ1v) is 7.32. The van der Waals surface area contributed by atoms with Gasteiger partial charge in [0.1, 0.15) is 12.1 Å². The van der Waals surface area contributed by atoms with Gasteiger partial charge in [0.05, 0.1) is 34.4 Å². The molecule has 0 saturated carbocycles. The number of nitro benzene ring substituents is 3. The fourth-order valence-electron chi connectivity index (χ4n) is 3.85. The Morgan fingerprint density at radius 1 is 0.826 bits per heavy atom. The molecule has 122 valence electrons. The number of benzene rings is 1. The van der Waals surface area contributed by atoms with Crippen molar-refractivity contribution in [2.45, 2.75) is 19.3 Å². The maximum absolute atomic E-state index is 11.4. The zero-order valence-electron chi connectivity index (χ0n) is 12.2. The van der Waals surface area contributed by atoms with E-state index in [-0.39, 0.29) is 10.2 Å². The number of piperidine rings is 3. The summed E-state index contributed by atoms with van der Waals surface area (Å²) in [6, 6.07) is 1.69. The lowest BCUT2D eigenvalue weighted by molar-refractivity contribution is -0.403. The molecule has 3 aliphatic heterocycles. The van der Waals surface area contributed by atoms with Crippen LogP contribution in [0.4, 0.5) is 22.7 Å². The summed E-state index contributed by atoms with van der Waals surface area (Å²) in [5.41, 5.74) is -1.65. The van der Waals surface area contributed by atoms with Gasteiger partial charge in [0.2, 0.25) is 0 Å². The highest BCUT2D eigenvalue weighted by atomic mass is 16.6. The topological polar surface area (TPSA) is 129 Å². The third-order valence-corrected chi connectivity index (χ3v) is 5.03. The molecule has 0 spiro atoms. The smallest absolute Gasteiger partial charge is 0.279 e. The zero-order chi connectivity index (χ0) is 16.8. The molecule has 10 nitrogen and oxygen atoms in total. The second-order valence-electron chi connectivity index (χ2n) is 6.15. The second kappa shape index (κ2) is 5.23. The van der Waals surface area contributed by atoms with E-state index in [2.05, 4.69) is 0 Å². The number of quaternary nitrogens is 1. The molecule has 0 aromatic heterocycles. The average molecular weight is 323 g/mol. The highest BCUT2D eigenvalue weighted by Gasteiger charge is 2.50. The molecule has 3 fully saturated rings. The number of non-ortho nitro benzene ring substituents is 1. The summed E-state index contributed by atoms with van der Waals surface area (Å²) in [4.78, 5) is 31.5. The van der Waals surface area contributed by atoms with Crippen LogP contribution in [0.2, 0.25) is 0 Å². The Morgan fingerprint density at radius 2 is 1.26 bits per heavy atom. The summed E-state index contributed by atoms with van der Waals surface area (Å²) in [7, 11) is 0. The van der Waals surface area contributed by atoms with E-state index in [1.807, 2.05) is 0 Å². The van der Waals surface area contributed by atoms with E-state index in [0.29, 0.717) is 25.6 Å². The van der Waals surface area contributed by atoms with Gasteiger partial charge >= 0.3 is 11.4 Å². The van der Waals surface area contributed by atoms with E-state index >= 15 is 0 Å². The van der Waals surface area contributed by atoms with Crippen molar-refractivity contribution in [1.29, 1.82) is 0 Å². The van der Waals surface area contributed by atoms with Gasteiger partial charge in [-0.1, -0.05) is 0 Å². The highest BCUT2D eigenvalue weighted by molar-refractivity contribution is 5.76. The third kappa shape index (κ3) is 2.40. The predicted molar refractivity (Wildman–Crippen MR) is 80.1 cm³/mol. The molecule has 0 atom stereocenters. The van der Waals surface area contributed by atoms with Gasteiger partial charge in [-0.15, -0.1) is 0 Å². The number of nitrogens with zero attached hydrogens (tertiary/aromatic N) is 4. The average Bonchev–Trinajstić information content (AvgIpc) is 2.55. The van der Waals surface area contributed by atoms with Crippen LogP contribution >= 0.6 is 0 Å². The molecule has 0 unspecified atom stereocenters. The molecule has 0 radical (unpaired) electrons. The molecule has 23 heavy (non-hydrogen) atoms. The van der Waals surface area contributed by atoms with E-state index in [9.17, 15) is 30.3 Å². The Bertz CT molecular complexity index is 662. The molecule has 10 heteroatoms. The lowest BCUT2D eigenvalue weighted by Gasteiger charge is -2.47. The van der Waals surface area contributed by atoms with Crippen LogP contribution in [-0.2, 0) is 0 Å². The number of hydrogen-bond donors (Lipinski definition) is 0. The summed E-state index contributed by atoms with van der Waals surface area (Å²) in [5.74, 6) is 0.575. The fourth-order valence-corrected chi connectivity index (χ4v) is 3.85. The van der Waals surface area contributed by atoms with Gasteiger partial charge in [0.15, 0.2) is 0 Å². The molecule has 2 bridgehead atoms. The summed E-state index contributed by atoms with van der Waals surface area (Å²) < 4.78 is 0.182. The Labute approximate surface area is 130 Å². The van der Waals surface area contributed by atoms with Crippen LogP contribution in [-0.4, -0.2) is 34.4 Å². The summed E-state index contributed by atoms with van der Waals surface area (Å²) in [6.07, 6.45) is 2.60. The van der Waals surface area contributed by atoms with Crippen molar-refractivity contribution in [2.24, 2.45) is 5.92 Å². The van der Waals surface area contributed by atoms with Crippen LogP contribution in [0.25, 0.3) is 0 Å². The molecule has 3 heterocycles. The molecular formula is C13H15N4O6+.